The lowest BCUT2D eigenvalue weighted by Crippen LogP contribution is -1.96. The van der Waals surface area contributed by atoms with Crippen LogP contribution >= 0.6 is 0 Å². The van der Waals surface area contributed by atoms with Crippen LogP contribution in [0.1, 0.15) is 0 Å². The van der Waals surface area contributed by atoms with Crippen LogP contribution in [0.4, 0.5) is 0 Å². The van der Waals surface area contributed by atoms with Crippen molar-refractivity contribution in [3.63, 3.8) is 0 Å². The van der Waals surface area contributed by atoms with Gasteiger partial charge in [-0.2, -0.15) is 0 Å². The summed E-state index contributed by atoms with van der Waals surface area (Å²) in [5, 5.41) is 7.48. The zero-order chi connectivity index (χ0) is 33.5. The molecule has 3 aromatic heterocycles. The lowest BCUT2D eigenvalue weighted by atomic mass is 10.1. The van der Waals surface area contributed by atoms with Crippen molar-refractivity contribution in [3.8, 4) is 28.2 Å². The fraction of sp³-hybridized carbons (Fsp3) is 0. The predicted molar refractivity (Wildman–Crippen MR) is 215 cm³/mol. The van der Waals surface area contributed by atoms with Gasteiger partial charge in [0.25, 0.3) is 0 Å². The second-order valence-electron chi connectivity index (χ2n) is 13.4. The molecule has 3 heterocycles. The highest BCUT2D eigenvalue weighted by Gasteiger charge is 2.20. The number of hydrogen-bond donors (Lipinski definition) is 0. The maximum absolute atomic E-state index is 2.46. The zero-order valence-corrected chi connectivity index (χ0v) is 27.7. The van der Waals surface area contributed by atoms with Gasteiger partial charge in [0, 0.05) is 49.4 Å². The van der Waals surface area contributed by atoms with Crippen molar-refractivity contribution in [1.82, 2.24) is 13.7 Å². The molecule has 0 N–H and O–H groups in total. The molecule has 238 valence electrons. The summed E-state index contributed by atoms with van der Waals surface area (Å²) in [4.78, 5) is 0. The first-order valence-corrected chi connectivity index (χ1v) is 17.5. The molecule has 0 unspecified atom stereocenters. The summed E-state index contributed by atoms with van der Waals surface area (Å²) in [6, 6.07) is 68.5. The quantitative estimate of drug-likeness (QED) is 0.180. The molecular formula is C48H31N3. The Kier molecular flexibility index (Phi) is 5.96. The van der Waals surface area contributed by atoms with Crippen molar-refractivity contribution in [2.45, 2.75) is 0 Å². The molecule has 0 amide bonds. The summed E-state index contributed by atoms with van der Waals surface area (Å²) in [5.41, 5.74) is 13.1. The van der Waals surface area contributed by atoms with E-state index in [-0.39, 0.29) is 0 Å². The molecule has 0 aliphatic heterocycles. The molecule has 8 aromatic carbocycles. The van der Waals surface area contributed by atoms with E-state index in [1.165, 1.54) is 76.5 Å². The highest BCUT2D eigenvalue weighted by molar-refractivity contribution is 6.19. The maximum Gasteiger partial charge on any atom is 0.0548 e. The number of para-hydroxylation sites is 4. The van der Waals surface area contributed by atoms with Gasteiger partial charge < -0.3 is 13.7 Å². The van der Waals surface area contributed by atoms with Crippen LogP contribution in [0.25, 0.3) is 93.6 Å². The third-order valence-electron chi connectivity index (χ3n) is 10.6. The Morgan fingerprint density at radius 2 is 0.627 bits per heavy atom. The normalized spacial score (nSPS) is 11.9. The summed E-state index contributed by atoms with van der Waals surface area (Å²) in [6.45, 7) is 0. The highest BCUT2D eigenvalue weighted by atomic mass is 15.0. The molecule has 0 bridgehead atoms. The van der Waals surface area contributed by atoms with E-state index in [0.29, 0.717) is 0 Å². The van der Waals surface area contributed by atoms with Gasteiger partial charge in [-0.3, -0.25) is 0 Å². The summed E-state index contributed by atoms with van der Waals surface area (Å²) in [5.74, 6) is 0. The summed E-state index contributed by atoms with van der Waals surface area (Å²) < 4.78 is 7.30. The highest BCUT2D eigenvalue weighted by Crippen LogP contribution is 2.41. The summed E-state index contributed by atoms with van der Waals surface area (Å²) >= 11 is 0. The number of nitrogens with zero attached hydrogens (tertiary/aromatic N) is 3. The van der Waals surface area contributed by atoms with E-state index < -0.39 is 0 Å². The van der Waals surface area contributed by atoms with Gasteiger partial charge in [0.1, 0.15) is 0 Å². The molecule has 3 nitrogen and oxygen atoms in total. The van der Waals surface area contributed by atoms with E-state index >= 15 is 0 Å². The van der Waals surface area contributed by atoms with Gasteiger partial charge >= 0.3 is 0 Å². The van der Waals surface area contributed by atoms with Crippen molar-refractivity contribution in [2.24, 2.45) is 0 Å². The first-order valence-electron chi connectivity index (χ1n) is 17.5. The molecule has 0 atom stereocenters. The molecule has 0 saturated carbocycles. The smallest absolute Gasteiger partial charge is 0.0548 e. The first kappa shape index (κ1) is 28.0. The Balaban J connectivity index is 1.27. The molecule has 11 rings (SSSR count). The van der Waals surface area contributed by atoms with Gasteiger partial charge in [-0.05, 0) is 83.9 Å². The fourth-order valence-corrected chi connectivity index (χ4v) is 8.40. The largest absolute Gasteiger partial charge is 0.309 e. The minimum atomic E-state index is 1.15. The Morgan fingerprint density at radius 3 is 1.27 bits per heavy atom. The molecule has 0 aliphatic carbocycles. The van der Waals surface area contributed by atoms with E-state index in [9.17, 15) is 0 Å². The van der Waals surface area contributed by atoms with E-state index in [0.717, 1.165) is 17.1 Å². The lowest BCUT2D eigenvalue weighted by Gasteiger charge is -2.12. The molecule has 0 fully saturated rings. The first-order chi connectivity index (χ1) is 25.3. The topological polar surface area (TPSA) is 14.8 Å². The van der Waals surface area contributed by atoms with Crippen LogP contribution in [-0.4, -0.2) is 13.7 Å². The molecule has 3 heteroatoms. The van der Waals surface area contributed by atoms with Crippen LogP contribution in [0.2, 0.25) is 0 Å². The number of fused-ring (bicyclic) bond motifs is 9. The van der Waals surface area contributed by atoms with Crippen LogP contribution in [-0.2, 0) is 0 Å². The second kappa shape index (κ2) is 10.8. The van der Waals surface area contributed by atoms with Gasteiger partial charge in [0.15, 0.2) is 0 Å². The summed E-state index contributed by atoms with van der Waals surface area (Å²) in [7, 11) is 0. The second-order valence-corrected chi connectivity index (χ2v) is 13.4. The van der Waals surface area contributed by atoms with Gasteiger partial charge in [0.05, 0.1) is 33.1 Å². The van der Waals surface area contributed by atoms with E-state index in [1.807, 2.05) is 0 Å². The maximum atomic E-state index is 2.46. The third-order valence-corrected chi connectivity index (χ3v) is 10.6. The van der Waals surface area contributed by atoms with E-state index in [4.69, 9.17) is 0 Å². The number of benzene rings is 8. The van der Waals surface area contributed by atoms with Crippen molar-refractivity contribution < 1.29 is 0 Å². The predicted octanol–water partition coefficient (Wildman–Crippen LogP) is 12.6. The standard InChI is InChI=1S/C48H31N3/c1-3-14-32(15-4-1)33-16-13-19-35(28-33)51-46-27-26-36(50-43-23-10-7-20-37(43)38-21-8-11-24-44(38)50)29-40(46)42-31-47-41(30-48(42)51)39-22-9-12-25-45(39)49(47)34-17-5-2-6-18-34/h1-31H. The van der Waals surface area contributed by atoms with Crippen molar-refractivity contribution in [1.29, 1.82) is 0 Å². The molecule has 11 aromatic rings. The van der Waals surface area contributed by atoms with Crippen molar-refractivity contribution in [3.05, 3.63) is 188 Å². The number of aromatic nitrogens is 3. The average molecular weight is 650 g/mol. The fourth-order valence-electron chi connectivity index (χ4n) is 8.40. The van der Waals surface area contributed by atoms with Gasteiger partial charge in [-0.15, -0.1) is 0 Å². The Morgan fingerprint density at radius 1 is 0.216 bits per heavy atom. The third kappa shape index (κ3) is 4.12. The number of rotatable bonds is 4. The van der Waals surface area contributed by atoms with Crippen LogP contribution in [0.15, 0.2) is 188 Å². The average Bonchev–Trinajstić information content (AvgIpc) is 3.83. The molecule has 0 spiro atoms. The van der Waals surface area contributed by atoms with Crippen molar-refractivity contribution in [2.75, 3.05) is 0 Å². The zero-order valence-electron chi connectivity index (χ0n) is 27.7. The van der Waals surface area contributed by atoms with Gasteiger partial charge in [0.2, 0.25) is 0 Å². The monoisotopic (exact) mass is 649 g/mol. The van der Waals surface area contributed by atoms with Crippen molar-refractivity contribution >= 4 is 65.4 Å². The van der Waals surface area contributed by atoms with E-state index in [1.54, 1.807) is 0 Å². The lowest BCUT2D eigenvalue weighted by molar-refractivity contribution is 1.16. The van der Waals surface area contributed by atoms with Gasteiger partial charge in [-0.25, -0.2) is 0 Å². The van der Waals surface area contributed by atoms with Crippen LogP contribution in [0.3, 0.4) is 0 Å². The molecule has 51 heavy (non-hydrogen) atoms. The van der Waals surface area contributed by atoms with Crippen LogP contribution in [0.5, 0.6) is 0 Å². The summed E-state index contributed by atoms with van der Waals surface area (Å²) in [6.07, 6.45) is 0. The van der Waals surface area contributed by atoms with Crippen LogP contribution in [0, 0.1) is 0 Å². The Hall–Kier alpha value is -6.84. The van der Waals surface area contributed by atoms with Gasteiger partial charge in [-0.1, -0.05) is 115 Å². The SMILES string of the molecule is c1ccc(-c2cccc(-n3c4ccc(-n5c6ccccc6c6ccccc65)cc4c4cc5c(cc43)c3ccccc3n5-c3ccccc3)c2)cc1. The molecule has 0 radical (unpaired) electrons. The Bertz CT molecular complexity index is 3070. The number of hydrogen-bond acceptors (Lipinski definition) is 0. The molecule has 0 saturated heterocycles. The minimum absolute atomic E-state index is 1.15. The van der Waals surface area contributed by atoms with E-state index in [2.05, 4.69) is 202 Å². The van der Waals surface area contributed by atoms with Crippen LogP contribution < -0.4 is 0 Å². The minimum Gasteiger partial charge on any atom is -0.309 e. The molecular weight excluding hydrogens is 619 g/mol. The Labute approximate surface area is 294 Å². The molecule has 0 aliphatic rings.